The summed E-state index contributed by atoms with van der Waals surface area (Å²) in [6.07, 6.45) is -7.48. The summed E-state index contributed by atoms with van der Waals surface area (Å²) in [7, 11) is 1.70. The van der Waals surface area contributed by atoms with Gasteiger partial charge in [-0.3, -0.25) is 14.5 Å². The molecule has 20 heteroatoms. The van der Waals surface area contributed by atoms with Crippen molar-refractivity contribution >= 4 is 35.1 Å². The molecule has 2 saturated heterocycles. The van der Waals surface area contributed by atoms with Crippen LogP contribution in [0.4, 0.5) is 26.3 Å². The first kappa shape index (κ1) is 44.2. The third-order valence-electron chi connectivity index (χ3n) is 7.81. The number of amides is 2. The lowest BCUT2D eigenvalue weighted by atomic mass is 9.89. The zero-order valence-electron chi connectivity index (χ0n) is 28.7. The molecule has 0 aliphatic carbocycles. The Kier molecular flexibility index (Phi) is 16.7. The summed E-state index contributed by atoms with van der Waals surface area (Å²) in [6.45, 7) is 9.38. The van der Waals surface area contributed by atoms with E-state index in [1.54, 1.807) is 18.4 Å². The predicted molar refractivity (Wildman–Crippen MR) is 174 cm³/mol. The van der Waals surface area contributed by atoms with Gasteiger partial charge in [0.05, 0.1) is 44.1 Å². The molecule has 1 spiro atoms. The fourth-order valence-electron chi connectivity index (χ4n) is 5.17. The number of morpholine rings is 1. The Balaban J connectivity index is 0.000000564. The normalized spacial score (nSPS) is 16.0. The van der Waals surface area contributed by atoms with Gasteiger partial charge in [-0.15, -0.1) is 11.3 Å². The topological polar surface area (TPSA) is 182 Å². The standard InChI is InChI=1S/C28H40N4O5S.2C2HF3O2/c1-20(2)26-30-23(18-38-26)27(34)32-13-16-37-28(19-32)9-11-31(12-10-28)17-22-6-4-5-21(25(22)35-3)7-14-36-15-8-24(29)33;2*3-2(4,5)1(6)7/h4-6,18,20H,7-17,19H2,1-3H3,(H2,29,33);2*(H,6,7). The van der Waals surface area contributed by atoms with Crippen molar-refractivity contribution in [1.29, 1.82) is 0 Å². The molecule has 0 atom stereocenters. The zero-order valence-corrected chi connectivity index (χ0v) is 29.5. The number of carbonyl (C=O) groups is 4. The van der Waals surface area contributed by atoms with Crippen LogP contribution in [-0.4, -0.2) is 120 Å². The minimum atomic E-state index is -5.08. The summed E-state index contributed by atoms with van der Waals surface area (Å²) >= 11 is 1.56. The van der Waals surface area contributed by atoms with Crippen LogP contribution >= 0.6 is 11.3 Å². The molecule has 1 aromatic carbocycles. The highest BCUT2D eigenvalue weighted by Gasteiger charge is 2.42. The van der Waals surface area contributed by atoms with Crippen molar-refractivity contribution in [2.24, 2.45) is 5.73 Å². The molecule has 52 heavy (non-hydrogen) atoms. The summed E-state index contributed by atoms with van der Waals surface area (Å²) in [4.78, 5) is 50.8. The van der Waals surface area contributed by atoms with Crippen LogP contribution in [0.1, 0.15) is 65.7 Å². The fraction of sp³-hybridized carbons (Fsp3) is 0.594. The summed E-state index contributed by atoms with van der Waals surface area (Å²) in [6, 6.07) is 6.22. The maximum Gasteiger partial charge on any atom is 0.490 e. The summed E-state index contributed by atoms with van der Waals surface area (Å²) in [5, 5.41) is 17.1. The number of likely N-dealkylation sites (tertiary alicyclic amines) is 1. The van der Waals surface area contributed by atoms with Crippen LogP contribution in [0.2, 0.25) is 0 Å². The van der Waals surface area contributed by atoms with Crippen molar-refractivity contribution in [2.45, 2.75) is 69.9 Å². The Bertz CT molecular complexity index is 1470. The first-order valence-electron chi connectivity index (χ1n) is 15.9. The van der Waals surface area contributed by atoms with E-state index in [9.17, 15) is 35.9 Å². The van der Waals surface area contributed by atoms with Gasteiger partial charge in [-0.05, 0) is 24.8 Å². The fourth-order valence-corrected chi connectivity index (χ4v) is 5.98. The zero-order chi connectivity index (χ0) is 39.3. The van der Waals surface area contributed by atoms with Crippen molar-refractivity contribution in [1.82, 2.24) is 14.8 Å². The van der Waals surface area contributed by atoms with Gasteiger partial charge in [0, 0.05) is 49.5 Å². The number of para-hydroxylation sites is 1. The highest BCUT2D eigenvalue weighted by atomic mass is 32.1. The average Bonchev–Trinajstić information content (AvgIpc) is 3.56. The minimum absolute atomic E-state index is 0.0124. The minimum Gasteiger partial charge on any atom is -0.496 e. The van der Waals surface area contributed by atoms with Crippen molar-refractivity contribution < 1.29 is 69.9 Å². The number of primary amides is 1. The molecule has 2 fully saturated rings. The Morgan fingerprint density at radius 3 is 2.08 bits per heavy atom. The van der Waals surface area contributed by atoms with E-state index >= 15 is 0 Å². The molecular weight excluding hydrogens is 730 g/mol. The summed E-state index contributed by atoms with van der Waals surface area (Å²) < 4.78 is 81.1. The number of carboxylic acid groups (broad SMARTS) is 2. The molecular formula is C32H42F6N4O9S. The number of aliphatic carboxylic acids is 2. The highest BCUT2D eigenvalue weighted by molar-refractivity contribution is 7.09. The predicted octanol–water partition coefficient (Wildman–Crippen LogP) is 4.48. The number of benzene rings is 1. The third-order valence-corrected chi connectivity index (χ3v) is 8.95. The number of nitrogens with two attached hydrogens (primary N) is 1. The number of hydrogen-bond acceptors (Lipinski definition) is 10. The summed E-state index contributed by atoms with van der Waals surface area (Å²) in [5.74, 6) is -4.65. The summed E-state index contributed by atoms with van der Waals surface area (Å²) in [5.41, 5.74) is 7.66. The Morgan fingerprint density at radius 2 is 1.58 bits per heavy atom. The lowest BCUT2D eigenvalue weighted by molar-refractivity contribution is -0.193. The van der Waals surface area contributed by atoms with Gasteiger partial charge in [0.25, 0.3) is 5.91 Å². The molecule has 2 aliphatic heterocycles. The van der Waals surface area contributed by atoms with Gasteiger partial charge >= 0.3 is 24.3 Å². The molecule has 3 heterocycles. The first-order valence-corrected chi connectivity index (χ1v) is 16.8. The largest absolute Gasteiger partial charge is 0.496 e. The maximum atomic E-state index is 13.2. The third kappa shape index (κ3) is 14.2. The van der Waals surface area contributed by atoms with Crippen LogP contribution in [0.15, 0.2) is 23.6 Å². The van der Waals surface area contributed by atoms with Crippen LogP contribution in [-0.2, 0) is 36.8 Å². The average molecular weight is 773 g/mol. The van der Waals surface area contributed by atoms with Gasteiger partial charge < -0.3 is 35.1 Å². The van der Waals surface area contributed by atoms with Crippen molar-refractivity contribution in [2.75, 3.05) is 53.1 Å². The molecule has 2 aliphatic rings. The van der Waals surface area contributed by atoms with Crippen LogP contribution in [0.3, 0.4) is 0 Å². The number of ether oxygens (including phenoxy) is 3. The number of hydrogen-bond donors (Lipinski definition) is 3. The van der Waals surface area contributed by atoms with Crippen LogP contribution in [0, 0.1) is 0 Å². The van der Waals surface area contributed by atoms with Crippen molar-refractivity contribution in [3.8, 4) is 5.75 Å². The lowest BCUT2D eigenvalue weighted by Crippen LogP contribution is -2.58. The molecule has 0 unspecified atom stereocenters. The molecule has 4 rings (SSSR count). The number of nitrogens with zero attached hydrogens (tertiary/aromatic N) is 3. The quantitative estimate of drug-likeness (QED) is 0.216. The Morgan fingerprint density at radius 1 is 1.00 bits per heavy atom. The number of aromatic nitrogens is 1. The monoisotopic (exact) mass is 772 g/mol. The molecule has 2 amide bonds. The number of thiazole rings is 1. The Labute approximate surface area is 299 Å². The van der Waals surface area contributed by atoms with Gasteiger partial charge in [0.1, 0.15) is 11.4 Å². The number of carbonyl (C=O) groups excluding carboxylic acids is 2. The van der Waals surface area contributed by atoms with E-state index in [-0.39, 0.29) is 23.8 Å². The molecule has 0 saturated carbocycles. The number of piperidine rings is 1. The molecule has 4 N–H and O–H groups in total. The van der Waals surface area contributed by atoms with E-state index < -0.39 is 24.3 Å². The number of alkyl halides is 6. The number of rotatable bonds is 11. The number of methoxy groups -OCH3 is 1. The number of halogens is 6. The SMILES string of the molecule is COc1c(CCOCCC(N)=O)cccc1CN1CCC2(CC1)CN(C(=O)c1csc(C(C)C)n1)CCO2.O=C(O)C(F)(F)F.O=C(O)C(F)(F)F. The molecule has 2 aromatic rings. The second-order valence-electron chi connectivity index (χ2n) is 12.1. The lowest BCUT2D eigenvalue weighted by Gasteiger charge is -2.47. The maximum absolute atomic E-state index is 13.2. The van der Waals surface area contributed by atoms with E-state index in [4.69, 9.17) is 39.7 Å². The van der Waals surface area contributed by atoms with Gasteiger partial charge in [-0.2, -0.15) is 26.3 Å². The second-order valence-corrected chi connectivity index (χ2v) is 12.9. The highest BCUT2D eigenvalue weighted by Crippen LogP contribution is 2.33. The van der Waals surface area contributed by atoms with E-state index in [2.05, 4.69) is 41.9 Å². The molecule has 0 bridgehead atoms. The molecule has 292 valence electrons. The van der Waals surface area contributed by atoms with Crippen molar-refractivity contribution in [3.63, 3.8) is 0 Å². The van der Waals surface area contributed by atoms with Crippen LogP contribution < -0.4 is 10.5 Å². The van der Waals surface area contributed by atoms with Crippen LogP contribution in [0.25, 0.3) is 0 Å². The van der Waals surface area contributed by atoms with E-state index in [1.807, 2.05) is 10.3 Å². The van der Waals surface area contributed by atoms with Crippen LogP contribution in [0.5, 0.6) is 5.75 Å². The van der Waals surface area contributed by atoms with Gasteiger partial charge in [0.15, 0.2) is 0 Å². The van der Waals surface area contributed by atoms with Crippen molar-refractivity contribution in [3.05, 3.63) is 45.4 Å². The molecule has 13 nitrogen and oxygen atoms in total. The molecule has 1 aromatic heterocycles. The van der Waals surface area contributed by atoms with Gasteiger partial charge in [-0.25, -0.2) is 14.6 Å². The van der Waals surface area contributed by atoms with Gasteiger partial charge in [0.2, 0.25) is 5.91 Å². The second kappa shape index (κ2) is 19.7. The van der Waals surface area contributed by atoms with Gasteiger partial charge in [-0.1, -0.05) is 32.0 Å². The van der Waals surface area contributed by atoms with E-state index in [1.165, 1.54) is 0 Å². The number of carboxylic acids is 2. The first-order chi connectivity index (χ1) is 24.2. The molecule has 0 radical (unpaired) electrons. The van der Waals surface area contributed by atoms with E-state index in [0.29, 0.717) is 50.9 Å². The Hall–Kier alpha value is -4.01. The van der Waals surface area contributed by atoms with E-state index in [0.717, 1.165) is 54.4 Å². The smallest absolute Gasteiger partial charge is 0.490 e.